The highest BCUT2D eigenvalue weighted by atomic mass is 16.4. The summed E-state index contributed by atoms with van der Waals surface area (Å²) in [5.41, 5.74) is 2.56. The van der Waals surface area contributed by atoms with E-state index < -0.39 is 5.97 Å². The molecule has 24 heavy (non-hydrogen) atoms. The molecular formula is C21H25NO2. The molecule has 1 saturated carbocycles. The quantitative estimate of drug-likeness (QED) is 0.866. The lowest BCUT2D eigenvalue weighted by Crippen LogP contribution is -2.33. The Balaban J connectivity index is 1.78. The molecular weight excluding hydrogens is 298 g/mol. The second kappa shape index (κ2) is 7.63. The molecule has 126 valence electrons. The first kappa shape index (κ1) is 16.7. The number of aliphatic carboxylic acids is 1. The molecule has 2 aromatic rings. The molecule has 3 nitrogen and oxygen atoms in total. The summed E-state index contributed by atoms with van der Waals surface area (Å²) < 4.78 is 0. The highest BCUT2D eigenvalue weighted by Gasteiger charge is 2.38. The van der Waals surface area contributed by atoms with Gasteiger partial charge in [-0.1, -0.05) is 67.6 Å². The van der Waals surface area contributed by atoms with E-state index in [0.29, 0.717) is 6.04 Å². The zero-order chi connectivity index (χ0) is 16.9. The fourth-order valence-corrected chi connectivity index (χ4v) is 3.81. The van der Waals surface area contributed by atoms with Gasteiger partial charge in [-0.25, -0.2) is 0 Å². The van der Waals surface area contributed by atoms with Gasteiger partial charge in [0.2, 0.25) is 0 Å². The Morgan fingerprint density at radius 2 is 1.46 bits per heavy atom. The summed E-state index contributed by atoms with van der Waals surface area (Å²) in [6.07, 6.45) is 1.70. The summed E-state index contributed by atoms with van der Waals surface area (Å²) in [5.74, 6) is -0.630. The van der Waals surface area contributed by atoms with E-state index in [1.165, 1.54) is 11.1 Å². The summed E-state index contributed by atoms with van der Waals surface area (Å²) in [4.78, 5) is 13.9. The maximum Gasteiger partial charge on any atom is 0.306 e. The highest BCUT2D eigenvalue weighted by Crippen LogP contribution is 2.36. The molecule has 1 aliphatic rings. The van der Waals surface area contributed by atoms with Crippen LogP contribution in [0.1, 0.15) is 30.9 Å². The molecule has 0 radical (unpaired) electrons. The van der Waals surface area contributed by atoms with Crippen molar-refractivity contribution < 1.29 is 9.90 Å². The molecule has 0 unspecified atom stereocenters. The molecule has 1 fully saturated rings. The van der Waals surface area contributed by atoms with Crippen molar-refractivity contribution in [3.63, 3.8) is 0 Å². The van der Waals surface area contributed by atoms with E-state index in [0.717, 1.165) is 25.9 Å². The van der Waals surface area contributed by atoms with Gasteiger partial charge in [0.1, 0.15) is 0 Å². The van der Waals surface area contributed by atoms with Crippen LogP contribution in [-0.4, -0.2) is 22.0 Å². The second-order valence-corrected chi connectivity index (χ2v) is 6.92. The highest BCUT2D eigenvalue weighted by molar-refractivity contribution is 5.70. The number of nitrogens with zero attached hydrogens (tertiary/aromatic N) is 1. The number of carboxylic acids is 1. The summed E-state index contributed by atoms with van der Waals surface area (Å²) in [7, 11) is 0. The van der Waals surface area contributed by atoms with Crippen LogP contribution in [0.25, 0.3) is 0 Å². The van der Waals surface area contributed by atoms with Gasteiger partial charge in [-0.2, -0.15) is 0 Å². The Morgan fingerprint density at radius 3 is 1.88 bits per heavy atom. The lowest BCUT2D eigenvalue weighted by atomic mass is 9.99. The van der Waals surface area contributed by atoms with Gasteiger partial charge in [0.25, 0.3) is 0 Å². The minimum absolute atomic E-state index is 0.218. The molecule has 0 saturated heterocycles. The molecule has 0 bridgehead atoms. The summed E-state index contributed by atoms with van der Waals surface area (Å²) in [6.45, 7) is 3.79. The van der Waals surface area contributed by atoms with Crippen LogP contribution in [0.5, 0.6) is 0 Å². The summed E-state index contributed by atoms with van der Waals surface area (Å²) >= 11 is 0. The predicted octanol–water partition coefficient (Wildman–Crippen LogP) is 4.19. The topological polar surface area (TPSA) is 40.5 Å². The molecule has 3 heteroatoms. The minimum atomic E-state index is -0.649. The van der Waals surface area contributed by atoms with Crippen LogP contribution in [0.3, 0.4) is 0 Å². The standard InChI is InChI=1S/C21H25NO2/c1-16-12-19(13-20(16)21(23)24)22(14-17-8-4-2-5-9-17)15-18-10-6-3-7-11-18/h2-11,16,19-20H,12-15H2,1H3,(H,23,24)/t16-,19-,20-/m0/s1. The number of rotatable bonds is 6. The Hall–Kier alpha value is -2.13. The van der Waals surface area contributed by atoms with E-state index in [9.17, 15) is 9.90 Å². The third-order valence-corrected chi connectivity index (χ3v) is 5.15. The van der Waals surface area contributed by atoms with Gasteiger partial charge in [0, 0.05) is 19.1 Å². The van der Waals surface area contributed by atoms with Gasteiger partial charge >= 0.3 is 5.97 Å². The number of carboxylic acid groups (broad SMARTS) is 1. The average molecular weight is 323 g/mol. The van der Waals surface area contributed by atoms with Gasteiger partial charge < -0.3 is 5.11 Å². The van der Waals surface area contributed by atoms with Crippen LogP contribution in [0, 0.1) is 11.8 Å². The Labute approximate surface area is 143 Å². The third-order valence-electron chi connectivity index (χ3n) is 5.15. The Morgan fingerprint density at radius 1 is 0.958 bits per heavy atom. The van der Waals surface area contributed by atoms with Gasteiger partial charge in [-0.05, 0) is 29.9 Å². The van der Waals surface area contributed by atoms with Gasteiger partial charge in [0.15, 0.2) is 0 Å². The number of hydrogen-bond acceptors (Lipinski definition) is 2. The molecule has 0 heterocycles. The van der Waals surface area contributed by atoms with E-state index in [1.807, 2.05) is 12.1 Å². The first-order chi connectivity index (χ1) is 11.6. The summed E-state index contributed by atoms with van der Waals surface area (Å²) in [5, 5.41) is 9.44. The van der Waals surface area contributed by atoms with Crippen LogP contribution < -0.4 is 0 Å². The molecule has 0 aliphatic heterocycles. The van der Waals surface area contributed by atoms with Gasteiger partial charge in [0.05, 0.1) is 5.92 Å². The van der Waals surface area contributed by atoms with Crippen LogP contribution >= 0.6 is 0 Å². The molecule has 0 amide bonds. The van der Waals surface area contributed by atoms with Gasteiger partial charge in [-0.15, -0.1) is 0 Å². The zero-order valence-corrected chi connectivity index (χ0v) is 14.1. The van der Waals surface area contributed by atoms with Crippen molar-refractivity contribution in [1.29, 1.82) is 0 Å². The smallest absolute Gasteiger partial charge is 0.306 e. The van der Waals surface area contributed by atoms with E-state index in [4.69, 9.17) is 0 Å². The lowest BCUT2D eigenvalue weighted by molar-refractivity contribution is -0.142. The normalized spacial score (nSPS) is 23.5. The SMILES string of the molecule is C[C@H]1C[C@H](N(Cc2ccccc2)Cc2ccccc2)C[C@@H]1C(=O)O. The molecule has 3 atom stereocenters. The van der Waals surface area contributed by atoms with Crippen LogP contribution in [0.15, 0.2) is 60.7 Å². The van der Waals surface area contributed by atoms with Crippen molar-refractivity contribution >= 4 is 5.97 Å². The average Bonchev–Trinajstić information content (AvgIpc) is 2.98. The molecule has 0 spiro atoms. The van der Waals surface area contributed by atoms with E-state index in [1.54, 1.807) is 0 Å². The van der Waals surface area contributed by atoms with Crippen molar-refractivity contribution in [2.75, 3.05) is 0 Å². The lowest BCUT2D eigenvalue weighted by Gasteiger charge is -2.29. The van der Waals surface area contributed by atoms with Crippen molar-refractivity contribution in [1.82, 2.24) is 4.90 Å². The minimum Gasteiger partial charge on any atom is -0.481 e. The van der Waals surface area contributed by atoms with Crippen LogP contribution in [-0.2, 0) is 17.9 Å². The molecule has 1 aliphatic carbocycles. The summed E-state index contributed by atoms with van der Waals surface area (Å²) in [6, 6.07) is 21.2. The fraction of sp³-hybridized carbons (Fsp3) is 0.381. The van der Waals surface area contributed by atoms with Crippen molar-refractivity contribution in [3.8, 4) is 0 Å². The van der Waals surface area contributed by atoms with Gasteiger partial charge in [-0.3, -0.25) is 9.69 Å². The van der Waals surface area contributed by atoms with Crippen molar-refractivity contribution in [2.45, 2.75) is 38.9 Å². The molecule has 0 aromatic heterocycles. The third kappa shape index (κ3) is 4.04. The van der Waals surface area contributed by atoms with Crippen LogP contribution in [0.2, 0.25) is 0 Å². The second-order valence-electron chi connectivity index (χ2n) is 6.92. The van der Waals surface area contributed by atoms with E-state index >= 15 is 0 Å². The largest absolute Gasteiger partial charge is 0.481 e. The maximum absolute atomic E-state index is 11.5. The fourth-order valence-electron chi connectivity index (χ4n) is 3.81. The predicted molar refractivity (Wildman–Crippen MR) is 95.4 cm³/mol. The Bertz CT molecular complexity index is 615. The monoisotopic (exact) mass is 323 g/mol. The molecule has 3 rings (SSSR count). The number of hydrogen-bond donors (Lipinski definition) is 1. The first-order valence-electron chi connectivity index (χ1n) is 8.68. The zero-order valence-electron chi connectivity index (χ0n) is 14.1. The van der Waals surface area contributed by atoms with E-state index in [-0.39, 0.29) is 11.8 Å². The first-order valence-corrected chi connectivity index (χ1v) is 8.68. The maximum atomic E-state index is 11.5. The van der Waals surface area contributed by atoms with Crippen LogP contribution in [0.4, 0.5) is 0 Å². The number of carbonyl (C=O) groups is 1. The van der Waals surface area contributed by atoms with Crippen molar-refractivity contribution in [2.24, 2.45) is 11.8 Å². The number of benzene rings is 2. The van der Waals surface area contributed by atoms with Crippen molar-refractivity contribution in [3.05, 3.63) is 71.8 Å². The molecule has 1 N–H and O–H groups in total. The Kier molecular flexibility index (Phi) is 5.31. The molecule has 2 aromatic carbocycles. The van der Waals surface area contributed by atoms with E-state index in [2.05, 4.69) is 60.4 Å².